The first-order valence-electron chi connectivity index (χ1n) is 5.40. The van der Waals surface area contributed by atoms with Crippen molar-refractivity contribution in [2.45, 2.75) is 36.9 Å². The van der Waals surface area contributed by atoms with Crippen LogP contribution in [0.25, 0.3) is 0 Å². The zero-order valence-corrected chi connectivity index (χ0v) is 9.70. The van der Waals surface area contributed by atoms with Gasteiger partial charge in [-0.3, -0.25) is 4.21 Å². The predicted octanol–water partition coefficient (Wildman–Crippen LogP) is 2.36. The smallest absolute Gasteiger partial charge is 0.0960 e. The second kappa shape index (κ2) is 4.90. The van der Waals surface area contributed by atoms with Crippen molar-refractivity contribution in [2.24, 2.45) is 0 Å². The monoisotopic (exact) mass is 224 g/mol. The van der Waals surface area contributed by atoms with E-state index in [0.717, 1.165) is 17.7 Å². The first kappa shape index (κ1) is 10.8. The molecule has 0 N–H and O–H groups in total. The van der Waals surface area contributed by atoms with Crippen molar-refractivity contribution in [3.8, 4) is 0 Å². The third kappa shape index (κ3) is 2.89. The summed E-state index contributed by atoms with van der Waals surface area (Å²) in [5.74, 6) is 0.648. The Bertz CT molecular complexity index is 337. The molecule has 0 aliphatic carbocycles. The van der Waals surface area contributed by atoms with E-state index in [1.807, 2.05) is 30.3 Å². The predicted molar refractivity (Wildman–Crippen MR) is 61.3 cm³/mol. The molecule has 1 aromatic carbocycles. The molecule has 0 spiro atoms. The minimum absolute atomic E-state index is 0.228. The standard InChI is InChI=1S/C12H16O2S/c1-2-6-11-12(14-11)9-15(13)10-7-4-3-5-8-10/h3-5,7-8,11-12H,2,6,9H2,1H3/t11-,12-,15?/m1/s1. The lowest BCUT2D eigenvalue weighted by molar-refractivity contribution is 0.370. The van der Waals surface area contributed by atoms with Crippen molar-refractivity contribution in [1.29, 1.82) is 0 Å². The molecule has 15 heavy (non-hydrogen) atoms. The normalized spacial score (nSPS) is 26.2. The number of rotatable bonds is 5. The first-order chi connectivity index (χ1) is 7.31. The van der Waals surface area contributed by atoms with Gasteiger partial charge in [0.05, 0.1) is 28.8 Å². The van der Waals surface area contributed by atoms with Crippen LogP contribution in [0.3, 0.4) is 0 Å². The fraction of sp³-hybridized carbons (Fsp3) is 0.500. The average Bonchev–Trinajstić information content (AvgIpc) is 2.98. The molecule has 82 valence electrons. The maximum Gasteiger partial charge on any atom is 0.0960 e. The fourth-order valence-electron chi connectivity index (χ4n) is 1.68. The zero-order valence-electron chi connectivity index (χ0n) is 8.89. The summed E-state index contributed by atoms with van der Waals surface area (Å²) in [5, 5.41) is 0. The van der Waals surface area contributed by atoms with Crippen LogP contribution in [0.15, 0.2) is 35.2 Å². The van der Waals surface area contributed by atoms with Gasteiger partial charge >= 0.3 is 0 Å². The van der Waals surface area contributed by atoms with E-state index < -0.39 is 10.8 Å². The van der Waals surface area contributed by atoms with E-state index in [1.165, 1.54) is 0 Å². The highest BCUT2D eigenvalue weighted by molar-refractivity contribution is 7.85. The highest BCUT2D eigenvalue weighted by Gasteiger charge is 2.38. The third-order valence-corrected chi connectivity index (χ3v) is 4.01. The first-order valence-corrected chi connectivity index (χ1v) is 6.72. The van der Waals surface area contributed by atoms with E-state index in [4.69, 9.17) is 4.74 Å². The quantitative estimate of drug-likeness (QED) is 0.719. The Morgan fingerprint density at radius 3 is 2.67 bits per heavy atom. The third-order valence-electron chi connectivity index (χ3n) is 2.58. The molecule has 0 amide bonds. The Kier molecular flexibility index (Phi) is 3.54. The van der Waals surface area contributed by atoms with Crippen LogP contribution in [0.4, 0.5) is 0 Å². The average molecular weight is 224 g/mol. The Morgan fingerprint density at radius 2 is 2.00 bits per heavy atom. The molecule has 1 fully saturated rings. The summed E-state index contributed by atoms with van der Waals surface area (Å²) >= 11 is 0. The molecule has 1 heterocycles. The molecule has 2 rings (SSSR count). The minimum atomic E-state index is -0.900. The van der Waals surface area contributed by atoms with E-state index in [0.29, 0.717) is 11.9 Å². The second-order valence-electron chi connectivity index (χ2n) is 3.83. The van der Waals surface area contributed by atoms with Gasteiger partial charge in [-0.15, -0.1) is 0 Å². The largest absolute Gasteiger partial charge is 0.369 e. The maximum atomic E-state index is 11.9. The summed E-state index contributed by atoms with van der Waals surface area (Å²) in [6.07, 6.45) is 2.82. The Hall–Kier alpha value is -0.670. The van der Waals surface area contributed by atoms with E-state index in [9.17, 15) is 4.21 Å². The van der Waals surface area contributed by atoms with Crippen LogP contribution in [0.5, 0.6) is 0 Å². The van der Waals surface area contributed by atoms with Crippen LogP contribution < -0.4 is 0 Å². The fourth-order valence-corrected chi connectivity index (χ4v) is 2.93. The van der Waals surface area contributed by atoms with Crippen LogP contribution in [-0.2, 0) is 15.5 Å². The van der Waals surface area contributed by atoms with Crippen molar-refractivity contribution in [3.63, 3.8) is 0 Å². The van der Waals surface area contributed by atoms with Gasteiger partial charge in [0.1, 0.15) is 0 Å². The molecular weight excluding hydrogens is 208 g/mol. The summed E-state index contributed by atoms with van der Waals surface area (Å²) in [4.78, 5) is 0.906. The van der Waals surface area contributed by atoms with Crippen molar-refractivity contribution >= 4 is 10.8 Å². The Labute approximate surface area is 93.1 Å². The van der Waals surface area contributed by atoms with Gasteiger partial charge in [-0.1, -0.05) is 31.5 Å². The van der Waals surface area contributed by atoms with Crippen LogP contribution in [0.1, 0.15) is 19.8 Å². The van der Waals surface area contributed by atoms with Crippen LogP contribution in [-0.4, -0.2) is 22.2 Å². The molecule has 1 unspecified atom stereocenters. The molecule has 1 aromatic rings. The summed E-state index contributed by atoms with van der Waals surface area (Å²) in [6, 6.07) is 9.60. The maximum absolute atomic E-state index is 11.9. The van der Waals surface area contributed by atoms with Gasteiger partial charge in [-0.2, -0.15) is 0 Å². The molecular formula is C12H16O2S. The lowest BCUT2D eigenvalue weighted by Gasteiger charge is -1.98. The van der Waals surface area contributed by atoms with Crippen molar-refractivity contribution in [3.05, 3.63) is 30.3 Å². The molecule has 1 aliphatic heterocycles. The van der Waals surface area contributed by atoms with Crippen LogP contribution in [0, 0.1) is 0 Å². The minimum Gasteiger partial charge on any atom is -0.369 e. The lowest BCUT2D eigenvalue weighted by atomic mass is 10.2. The van der Waals surface area contributed by atoms with Crippen LogP contribution >= 0.6 is 0 Å². The van der Waals surface area contributed by atoms with E-state index in [2.05, 4.69) is 6.92 Å². The number of hydrogen-bond donors (Lipinski definition) is 0. The van der Waals surface area contributed by atoms with Gasteiger partial charge in [-0.25, -0.2) is 0 Å². The molecule has 1 aliphatic rings. The highest BCUT2D eigenvalue weighted by atomic mass is 32.2. The zero-order chi connectivity index (χ0) is 10.7. The van der Waals surface area contributed by atoms with E-state index in [-0.39, 0.29) is 6.10 Å². The lowest BCUT2D eigenvalue weighted by Crippen LogP contribution is -2.07. The van der Waals surface area contributed by atoms with Crippen molar-refractivity contribution in [1.82, 2.24) is 0 Å². The van der Waals surface area contributed by atoms with Gasteiger partial charge in [0, 0.05) is 4.90 Å². The molecule has 0 bridgehead atoms. The molecule has 0 saturated carbocycles. The van der Waals surface area contributed by atoms with E-state index >= 15 is 0 Å². The van der Waals surface area contributed by atoms with Gasteiger partial charge in [0.25, 0.3) is 0 Å². The van der Waals surface area contributed by atoms with Crippen LogP contribution in [0.2, 0.25) is 0 Å². The summed E-state index contributed by atoms with van der Waals surface area (Å²) in [6.45, 7) is 2.15. The number of epoxide rings is 1. The Balaban J connectivity index is 1.84. The summed E-state index contributed by atoms with van der Waals surface area (Å²) < 4.78 is 17.3. The van der Waals surface area contributed by atoms with Crippen molar-refractivity contribution in [2.75, 3.05) is 5.75 Å². The summed E-state index contributed by atoms with van der Waals surface area (Å²) in [5.41, 5.74) is 0. The molecule has 1 saturated heterocycles. The van der Waals surface area contributed by atoms with E-state index in [1.54, 1.807) is 0 Å². The Morgan fingerprint density at radius 1 is 1.27 bits per heavy atom. The SMILES string of the molecule is CCC[C@H]1O[C@@H]1CS(=O)c1ccccc1. The topological polar surface area (TPSA) is 29.6 Å². The highest BCUT2D eigenvalue weighted by Crippen LogP contribution is 2.28. The molecule has 3 atom stereocenters. The second-order valence-corrected chi connectivity index (χ2v) is 5.32. The van der Waals surface area contributed by atoms with Gasteiger partial charge < -0.3 is 4.74 Å². The number of hydrogen-bond acceptors (Lipinski definition) is 2. The molecule has 3 heteroatoms. The number of ether oxygens (including phenoxy) is 1. The van der Waals surface area contributed by atoms with Crippen molar-refractivity contribution < 1.29 is 8.95 Å². The van der Waals surface area contributed by atoms with Gasteiger partial charge in [-0.05, 0) is 18.6 Å². The van der Waals surface area contributed by atoms with Gasteiger partial charge in [0.15, 0.2) is 0 Å². The number of benzene rings is 1. The van der Waals surface area contributed by atoms with Gasteiger partial charge in [0.2, 0.25) is 0 Å². The molecule has 0 radical (unpaired) electrons. The molecule has 2 nitrogen and oxygen atoms in total. The molecule has 0 aromatic heterocycles. The summed E-state index contributed by atoms with van der Waals surface area (Å²) in [7, 11) is -0.900.